The van der Waals surface area contributed by atoms with Gasteiger partial charge in [-0.1, -0.05) is 23.1 Å². The van der Waals surface area contributed by atoms with Gasteiger partial charge in [-0.2, -0.15) is 0 Å². The molecule has 1 aromatic heterocycles. The second-order valence-electron chi connectivity index (χ2n) is 5.08. The predicted molar refractivity (Wildman–Crippen MR) is 89.1 cm³/mol. The molecule has 24 heavy (non-hydrogen) atoms. The van der Waals surface area contributed by atoms with Crippen LogP contribution in [0.15, 0.2) is 4.34 Å². The molecule has 1 fully saturated rings. The van der Waals surface area contributed by atoms with Gasteiger partial charge in [0.05, 0.1) is 38.5 Å². The van der Waals surface area contributed by atoms with Crippen molar-refractivity contribution >= 4 is 46.5 Å². The molecule has 0 aromatic carbocycles. The molecular formula is C13H20N5O4S2+. The monoisotopic (exact) mass is 374 g/mol. The number of carbonyl (C=O) groups is 3. The third kappa shape index (κ3) is 6.06. The first-order valence-electron chi connectivity index (χ1n) is 7.55. The highest BCUT2D eigenvalue weighted by Gasteiger charge is 2.21. The van der Waals surface area contributed by atoms with Gasteiger partial charge in [0.1, 0.15) is 0 Å². The maximum Gasteiger partial charge on any atom is 0.316 e. The molecule has 0 unspecified atom stereocenters. The normalized spacial score (nSPS) is 15.1. The lowest BCUT2D eigenvalue weighted by Gasteiger charge is -2.29. The van der Waals surface area contributed by atoms with Crippen LogP contribution in [0.3, 0.4) is 0 Å². The lowest BCUT2D eigenvalue weighted by molar-refractivity contribution is -0.895. The molecule has 0 saturated carbocycles. The fourth-order valence-electron chi connectivity index (χ4n) is 2.15. The van der Waals surface area contributed by atoms with E-state index in [1.165, 1.54) is 23.1 Å². The first-order valence-corrected chi connectivity index (χ1v) is 9.35. The summed E-state index contributed by atoms with van der Waals surface area (Å²) < 4.78 is 5.44. The second-order valence-corrected chi connectivity index (χ2v) is 7.28. The Morgan fingerprint density at radius 3 is 2.83 bits per heavy atom. The van der Waals surface area contributed by atoms with E-state index in [0.29, 0.717) is 35.7 Å². The number of amides is 2. The van der Waals surface area contributed by atoms with Crippen LogP contribution in [0.5, 0.6) is 0 Å². The van der Waals surface area contributed by atoms with Crippen LogP contribution < -0.4 is 10.2 Å². The summed E-state index contributed by atoms with van der Waals surface area (Å²) in [5.41, 5.74) is 0. The van der Waals surface area contributed by atoms with Crippen molar-refractivity contribution in [3.05, 3.63) is 0 Å². The fraction of sp³-hybridized carbons (Fsp3) is 0.615. The molecule has 0 aliphatic carbocycles. The Kier molecular flexibility index (Phi) is 7.40. The summed E-state index contributed by atoms with van der Waals surface area (Å²) in [7, 11) is 0. The van der Waals surface area contributed by atoms with Crippen molar-refractivity contribution in [2.24, 2.45) is 0 Å². The summed E-state index contributed by atoms with van der Waals surface area (Å²) in [4.78, 5) is 36.8. The van der Waals surface area contributed by atoms with Gasteiger partial charge < -0.3 is 14.5 Å². The number of ether oxygens (including phenoxy) is 1. The molecule has 1 aliphatic heterocycles. The van der Waals surface area contributed by atoms with E-state index in [1.54, 1.807) is 11.8 Å². The van der Waals surface area contributed by atoms with Crippen LogP contribution in [0.1, 0.15) is 6.92 Å². The lowest BCUT2D eigenvalue weighted by atomic mass is 10.3. The number of hydrogen-bond donors (Lipinski definition) is 2. The predicted octanol–water partition coefficient (Wildman–Crippen LogP) is -1.51. The first-order chi connectivity index (χ1) is 11.6. The van der Waals surface area contributed by atoms with E-state index >= 15 is 0 Å². The van der Waals surface area contributed by atoms with Crippen LogP contribution in [-0.2, 0) is 19.1 Å². The number of piperazine rings is 1. The van der Waals surface area contributed by atoms with E-state index in [-0.39, 0.29) is 17.6 Å². The Morgan fingerprint density at radius 1 is 1.42 bits per heavy atom. The highest BCUT2D eigenvalue weighted by Crippen LogP contribution is 2.25. The van der Waals surface area contributed by atoms with Gasteiger partial charge in [-0.05, 0) is 6.92 Å². The van der Waals surface area contributed by atoms with Gasteiger partial charge in [-0.15, -0.1) is 10.2 Å². The molecule has 11 heteroatoms. The molecule has 2 rings (SSSR count). The molecular weight excluding hydrogens is 354 g/mol. The third-order valence-corrected chi connectivity index (χ3v) is 5.28. The summed E-state index contributed by atoms with van der Waals surface area (Å²) >= 11 is 2.45. The topological polar surface area (TPSA) is 106 Å². The number of aromatic nitrogens is 2. The third-order valence-electron chi connectivity index (χ3n) is 3.34. The largest absolute Gasteiger partial charge is 0.465 e. The van der Waals surface area contributed by atoms with Crippen molar-refractivity contribution < 1.29 is 24.0 Å². The number of rotatable bonds is 8. The molecule has 0 radical (unpaired) electrons. The molecule has 132 valence electrons. The Morgan fingerprint density at radius 2 is 2.17 bits per heavy atom. The van der Waals surface area contributed by atoms with E-state index in [0.717, 1.165) is 24.4 Å². The fourth-order valence-corrected chi connectivity index (χ4v) is 3.72. The van der Waals surface area contributed by atoms with Crippen LogP contribution in [0.2, 0.25) is 0 Å². The van der Waals surface area contributed by atoms with Crippen LogP contribution in [0, 0.1) is 0 Å². The number of nitrogens with zero attached hydrogens (tertiary/aromatic N) is 3. The molecule has 2 heterocycles. The zero-order valence-electron chi connectivity index (χ0n) is 13.3. The highest BCUT2D eigenvalue weighted by atomic mass is 32.2. The zero-order valence-corrected chi connectivity index (χ0v) is 15.0. The number of esters is 1. The number of carbonyl (C=O) groups excluding carboxylic acids is 3. The number of hydrogen-bond acceptors (Lipinski definition) is 8. The summed E-state index contributed by atoms with van der Waals surface area (Å²) in [6.45, 7) is 5.27. The summed E-state index contributed by atoms with van der Waals surface area (Å²) in [6.07, 6.45) is 0.841. The molecule has 0 spiro atoms. The Bertz CT molecular complexity index is 574. The maximum absolute atomic E-state index is 12.0. The smallest absolute Gasteiger partial charge is 0.316 e. The summed E-state index contributed by atoms with van der Waals surface area (Å²) in [5, 5.41) is 11.0. The zero-order chi connectivity index (χ0) is 17.4. The van der Waals surface area contributed by atoms with Gasteiger partial charge in [-0.25, -0.2) is 0 Å². The van der Waals surface area contributed by atoms with E-state index in [9.17, 15) is 14.4 Å². The van der Waals surface area contributed by atoms with E-state index in [2.05, 4.69) is 15.5 Å². The summed E-state index contributed by atoms with van der Waals surface area (Å²) in [6, 6.07) is 0. The van der Waals surface area contributed by atoms with Gasteiger partial charge >= 0.3 is 5.97 Å². The standard InChI is InChI=1S/C13H19N5O4S2/c1-2-22-11(21)8-23-13-16-15-12(24-13)14-10(20)7-17-3-5-18(9-19)6-4-17/h9H,2-8H2,1H3,(H,14,15,20)/p+1. The first kappa shape index (κ1) is 18.6. The second kappa shape index (κ2) is 9.55. The number of thioether (sulfide) groups is 1. The van der Waals surface area contributed by atoms with Crippen molar-refractivity contribution in [3.8, 4) is 0 Å². The highest BCUT2D eigenvalue weighted by molar-refractivity contribution is 8.01. The molecule has 2 amide bonds. The van der Waals surface area contributed by atoms with Crippen molar-refractivity contribution in [1.82, 2.24) is 15.1 Å². The van der Waals surface area contributed by atoms with Crippen LogP contribution >= 0.6 is 23.1 Å². The van der Waals surface area contributed by atoms with Crippen molar-refractivity contribution in [2.75, 3.05) is 50.4 Å². The van der Waals surface area contributed by atoms with Crippen LogP contribution in [-0.4, -0.2) is 78.5 Å². The summed E-state index contributed by atoms with van der Waals surface area (Å²) in [5.74, 6) is -0.273. The lowest BCUT2D eigenvalue weighted by Crippen LogP contribution is -3.15. The SMILES string of the molecule is CCOC(=O)CSc1nnc(NC(=O)C[NH+]2CCN(C=O)CC2)s1. The van der Waals surface area contributed by atoms with Gasteiger partial charge in [0.15, 0.2) is 10.9 Å². The van der Waals surface area contributed by atoms with Crippen molar-refractivity contribution in [2.45, 2.75) is 11.3 Å². The Labute approximate surface area is 147 Å². The molecule has 0 bridgehead atoms. The van der Waals surface area contributed by atoms with Crippen LogP contribution in [0.25, 0.3) is 0 Å². The molecule has 1 aliphatic rings. The molecule has 0 atom stereocenters. The van der Waals surface area contributed by atoms with E-state index in [4.69, 9.17) is 4.74 Å². The molecule has 2 N–H and O–H groups in total. The minimum absolute atomic E-state index is 0.136. The quantitative estimate of drug-likeness (QED) is 0.247. The van der Waals surface area contributed by atoms with Crippen LogP contribution in [0.4, 0.5) is 5.13 Å². The Hall–Kier alpha value is -1.72. The molecule has 9 nitrogen and oxygen atoms in total. The Balaban J connectivity index is 1.72. The average molecular weight is 374 g/mol. The maximum atomic E-state index is 12.0. The number of quaternary nitrogens is 1. The van der Waals surface area contributed by atoms with Gasteiger partial charge in [0.2, 0.25) is 11.5 Å². The minimum Gasteiger partial charge on any atom is -0.465 e. The number of nitrogens with one attached hydrogen (secondary N) is 2. The van der Waals surface area contributed by atoms with Gasteiger partial charge in [0.25, 0.3) is 5.91 Å². The van der Waals surface area contributed by atoms with Gasteiger partial charge in [0, 0.05) is 0 Å². The molecule has 1 aromatic rings. The van der Waals surface area contributed by atoms with Crippen molar-refractivity contribution in [3.63, 3.8) is 0 Å². The van der Waals surface area contributed by atoms with Gasteiger partial charge in [-0.3, -0.25) is 19.7 Å². The average Bonchev–Trinajstić information content (AvgIpc) is 3.01. The van der Waals surface area contributed by atoms with Crippen molar-refractivity contribution in [1.29, 1.82) is 0 Å². The number of anilines is 1. The van der Waals surface area contributed by atoms with E-state index < -0.39 is 0 Å². The molecule has 1 saturated heterocycles. The van der Waals surface area contributed by atoms with E-state index in [1.807, 2.05) is 0 Å². The minimum atomic E-state index is -0.304.